The Morgan fingerprint density at radius 1 is 1.30 bits per heavy atom. The number of ether oxygens (including phenoxy) is 3. The number of rotatable bonds is 4. The number of fused-ring (bicyclic) bond motifs is 1. The Morgan fingerprint density at radius 2 is 1.95 bits per heavy atom. The highest BCUT2D eigenvalue weighted by atomic mass is 16.5. The average Bonchev–Trinajstić information content (AvgIpc) is 2.45. The number of nitrogens with zero attached hydrogens (tertiary/aromatic N) is 1. The molecule has 0 radical (unpaired) electrons. The fourth-order valence-corrected chi connectivity index (χ4v) is 2.45. The van der Waals surface area contributed by atoms with E-state index in [-0.39, 0.29) is 12.1 Å². The molecule has 1 unspecified atom stereocenters. The molecule has 5 heteroatoms. The molecule has 20 heavy (non-hydrogen) atoms. The van der Waals surface area contributed by atoms with Crippen molar-refractivity contribution >= 4 is 5.97 Å². The molecule has 0 amide bonds. The van der Waals surface area contributed by atoms with E-state index >= 15 is 0 Å². The molecule has 0 aliphatic carbocycles. The van der Waals surface area contributed by atoms with Gasteiger partial charge in [-0.3, -0.25) is 9.69 Å². The number of benzene rings is 1. The summed E-state index contributed by atoms with van der Waals surface area (Å²) in [6.45, 7) is 3.29. The first-order chi connectivity index (χ1) is 9.58. The van der Waals surface area contributed by atoms with Gasteiger partial charge >= 0.3 is 5.97 Å². The van der Waals surface area contributed by atoms with Gasteiger partial charge in [0.1, 0.15) is 6.10 Å². The minimum Gasteiger partial charge on any atom is -0.493 e. The van der Waals surface area contributed by atoms with E-state index in [1.807, 2.05) is 19.2 Å². The molecule has 1 aliphatic heterocycles. The van der Waals surface area contributed by atoms with Crippen LogP contribution in [0.2, 0.25) is 0 Å². The van der Waals surface area contributed by atoms with E-state index in [1.54, 1.807) is 21.1 Å². The summed E-state index contributed by atoms with van der Waals surface area (Å²) >= 11 is 0. The van der Waals surface area contributed by atoms with E-state index in [0.717, 1.165) is 17.7 Å². The third-order valence-electron chi connectivity index (χ3n) is 3.47. The molecule has 0 saturated heterocycles. The Hall–Kier alpha value is -1.75. The third kappa shape index (κ3) is 2.88. The molecule has 0 bridgehead atoms. The third-order valence-corrected chi connectivity index (χ3v) is 3.47. The van der Waals surface area contributed by atoms with Gasteiger partial charge in [0.25, 0.3) is 0 Å². The zero-order valence-electron chi connectivity index (χ0n) is 12.4. The quantitative estimate of drug-likeness (QED) is 0.790. The van der Waals surface area contributed by atoms with E-state index in [4.69, 9.17) is 14.2 Å². The average molecular weight is 279 g/mol. The van der Waals surface area contributed by atoms with E-state index in [9.17, 15) is 4.79 Å². The van der Waals surface area contributed by atoms with Gasteiger partial charge in [-0.15, -0.1) is 0 Å². The molecule has 110 valence electrons. The van der Waals surface area contributed by atoms with Crippen LogP contribution in [0.4, 0.5) is 0 Å². The van der Waals surface area contributed by atoms with Crippen molar-refractivity contribution in [1.82, 2.24) is 4.90 Å². The van der Waals surface area contributed by atoms with Gasteiger partial charge in [0.2, 0.25) is 0 Å². The lowest BCUT2D eigenvalue weighted by atomic mass is 9.96. The van der Waals surface area contributed by atoms with Crippen molar-refractivity contribution in [3.05, 3.63) is 23.3 Å². The van der Waals surface area contributed by atoms with Gasteiger partial charge < -0.3 is 14.2 Å². The smallest absolute Gasteiger partial charge is 0.306 e. The summed E-state index contributed by atoms with van der Waals surface area (Å²) in [4.78, 5) is 13.7. The number of methoxy groups -OCH3 is 2. The summed E-state index contributed by atoms with van der Waals surface area (Å²) in [7, 11) is 5.23. The van der Waals surface area contributed by atoms with Crippen molar-refractivity contribution in [2.45, 2.75) is 26.0 Å². The van der Waals surface area contributed by atoms with Crippen LogP contribution in [-0.4, -0.2) is 38.7 Å². The maximum atomic E-state index is 11.6. The predicted molar refractivity (Wildman–Crippen MR) is 75.0 cm³/mol. The summed E-state index contributed by atoms with van der Waals surface area (Å²) in [5, 5.41) is 0. The van der Waals surface area contributed by atoms with Gasteiger partial charge in [-0.1, -0.05) is 6.92 Å². The van der Waals surface area contributed by atoms with Crippen LogP contribution in [0.25, 0.3) is 0 Å². The molecule has 2 rings (SSSR count). The number of likely N-dealkylation sites (N-methyl/N-ethyl adjacent to an activating group) is 1. The fraction of sp³-hybridized carbons (Fsp3) is 0.533. The molecule has 1 heterocycles. The molecule has 0 spiro atoms. The minimum absolute atomic E-state index is 0.189. The molecule has 0 aromatic heterocycles. The van der Waals surface area contributed by atoms with Crippen LogP contribution in [0.1, 0.15) is 30.6 Å². The van der Waals surface area contributed by atoms with Gasteiger partial charge in [0.15, 0.2) is 11.5 Å². The van der Waals surface area contributed by atoms with Crippen molar-refractivity contribution in [2.75, 3.05) is 27.8 Å². The number of carbonyl (C=O) groups is 1. The van der Waals surface area contributed by atoms with Crippen molar-refractivity contribution in [3.63, 3.8) is 0 Å². The molecule has 1 aromatic carbocycles. The lowest BCUT2D eigenvalue weighted by molar-refractivity contribution is -0.150. The summed E-state index contributed by atoms with van der Waals surface area (Å²) < 4.78 is 16.2. The van der Waals surface area contributed by atoms with Crippen molar-refractivity contribution in [1.29, 1.82) is 0 Å². The van der Waals surface area contributed by atoms with E-state index < -0.39 is 0 Å². The first-order valence-electron chi connectivity index (χ1n) is 6.71. The number of hydrogen-bond acceptors (Lipinski definition) is 5. The van der Waals surface area contributed by atoms with E-state index in [2.05, 4.69) is 4.90 Å². The number of hydrogen-bond donors (Lipinski definition) is 0. The Bertz CT molecular complexity index is 501. The molecule has 0 saturated carbocycles. The van der Waals surface area contributed by atoms with Gasteiger partial charge in [-0.05, 0) is 24.7 Å². The van der Waals surface area contributed by atoms with E-state index in [0.29, 0.717) is 24.5 Å². The maximum absolute atomic E-state index is 11.6. The molecule has 1 atom stereocenters. The topological polar surface area (TPSA) is 48.0 Å². The lowest BCUT2D eigenvalue weighted by Gasteiger charge is -2.32. The van der Waals surface area contributed by atoms with Gasteiger partial charge in [0.05, 0.1) is 14.2 Å². The van der Waals surface area contributed by atoms with Gasteiger partial charge in [-0.25, -0.2) is 0 Å². The van der Waals surface area contributed by atoms with Gasteiger partial charge in [0, 0.05) is 25.1 Å². The van der Waals surface area contributed by atoms with E-state index in [1.165, 1.54) is 0 Å². The monoisotopic (exact) mass is 279 g/mol. The van der Waals surface area contributed by atoms with Crippen molar-refractivity contribution in [2.24, 2.45) is 0 Å². The SMILES string of the molecule is CCC(=O)OC1CN(C)Cc2cc(OC)c(OC)cc21. The Kier molecular flexibility index (Phi) is 4.49. The van der Waals surface area contributed by atoms with Crippen molar-refractivity contribution < 1.29 is 19.0 Å². The summed E-state index contributed by atoms with van der Waals surface area (Å²) in [6, 6.07) is 3.87. The van der Waals surface area contributed by atoms with Crippen LogP contribution in [0.3, 0.4) is 0 Å². The fourth-order valence-electron chi connectivity index (χ4n) is 2.45. The zero-order chi connectivity index (χ0) is 14.7. The lowest BCUT2D eigenvalue weighted by Crippen LogP contribution is -2.32. The largest absolute Gasteiger partial charge is 0.493 e. The molecular formula is C15H21NO4. The minimum atomic E-state index is -0.254. The number of carbonyl (C=O) groups excluding carboxylic acids is 1. The normalized spacial score (nSPS) is 18.3. The molecule has 5 nitrogen and oxygen atoms in total. The molecular weight excluding hydrogens is 258 g/mol. The molecule has 0 N–H and O–H groups in total. The zero-order valence-corrected chi connectivity index (χ0v) is 12.4. The Labute approximate surface area is 119 Å². The predicted octanol–water partition coefficient (Wildman–Crippen LogP) is 2.14. The maximum Gasteiger partial charge on any atom is 0.306 e. The molecule has 1 aromatic rings. The highest BCUT2D eigenvalue weighted by Crippen LogP contribution is 2.37. The Morgan fingerprint density at radius 3 is 2.55 bits per heavy atom. The highest BCUT2D eigenvalue weighted by Gasteiger charge is 2.28. The van der Waals surface area contributed by atoms with Gasteiger partial charge in [-0.2, -0.15) is 0 Å². The number of esters is 1. The van der Waals surface area contributed by atoms with Crippen LogP contribution in [-0.2, 0) is 16.1 Å². The Balaban J connectivity index is 2.39. The second kappa shape index (κ2) is 6.13. The van der Waals surface area contributed by atoms with Crippen LogP contribution >= 0.6 is 0 Å². The standard InChI is InChI=1S/C15H21NO4/c1-5-15(17)20-14-9-16(2)8-10-6-12(18-3)13(19-4)7-11(10)14/h6-7,14H,5,8-9H2,1-4H3. The second-order valence-electron chi connectivity index (χ2n) is 4.93. The first kappa shape index (κ1) is 14.7. The molecule has 1 aliphatic rings. The summed E-state index contributed by atoms with van der Waals surface area (Å²) in [5.74, 6) is 1.17. The van der Waals surface area contributed by atoms with Crippen LogP contribution < -0.4 is 9.47 Å². The summed E-state index contributed by atoms with van der Waals surface area (Å²) in [5.41, 5.74) is 2.10. The van der Waals surface area contributed by atoms with Crippen LogP contribution in [0.15, 0.2) is 12.1 Å². The second-order valence-corrected chi connectivity index (χ2v) is 4.93. The highest BCUT2D eigenvalue weighted by molar-refractivity contribution is 5.69. The molecule has 0 fully saturated rings. The summed E-state index contributed by atoms with van der Waals surface area (Å²) in [6.07, 6.45) is 0.124. The van der Waals surface area contributed by atoms with Crippen LogP contribution in [0.5, 0.6) is 11.5 Å². The van der Waals surface area contributed by atoms with Crippen molar-refractivity contribution in [3.8, 4) is 11.5 Å². The first-order valence-corrected chi connectivity index (χ1v) is 6.71. The van der Waals surface area contributed by atoms with Crippen LogP contribution in [0, 0.1) is 0 Å².